The van der Waals surface area contributed by atoms with Gasteiger partial charge in [-0.05, 0) is 36.5 Å². The smallest absolute Gasteiger partial charge is 0.410 e. The third-order valence-electron chi connectivity index (χ3n) is 5.01. The lowest BCUT2D eigenvalue weighted by Gasteiger charge is -2.22. The van der Waals surface area contributed by atoms with Crippen molar-refractivity contribution in [1.29, 1.82) is 0 Å². The van der Waals surface area contributed by atoms with Crippen LogP contribution in [0.2, 0.25) is 0 Å². The van der Waals surface area contributed by atoms with Gasteiger partial charge < -0.3 is 15.2 Å². The number of amides is 2. The summed E-state index contributed by atoms with van der Waals surface area (Å²) in [7, 11) is 0. The highest BCUT2D eigenvalue weighted by atomic mass is 16.6. The molecule has 0 saturated carbocycles. The molecule has 0 aromatic heterocycles. The molecule has 0 aliphatic carbocycles. The molecular formula is C25H34N2O4. The van der Waals surface area contributed by atoms with Crippen molar-refractivity contribution >= 4 is 12.0 Å². The predicted molar refractivity (Wildman–Crippen MR) is 123 cm³/mol. The van der Waals surface area contributed by atoms with Crippen LogP contribution >= 0.6 is 0 Å². The van der Waals surface area contributed by atoms with Crippen LogP contribution in [0.4, 0.5) is 4.79 Å². The minimum absolute atomic E-state index is 0.00928. The quantitative estimate of drug-likeness (QED) is 0.480. The summed E-state index contributed by atoms with van der Waals surface area (Å²) in [6.07, 6.45) is 3.80. The summed E-state index contributed by atoms with van der Waals surface area (Å²) in [5.41, 5.74) is 2.74. The Morgan fingerprint density at radius 2 is 1.71 bits per heavy atom. The van der Waals surface area contributed by atoms with E-state index in [4.69, 9.17) is 4.74 Å². The van der Waals surface area contributed by atoms with Gasteiger partial charge in [0.25, 0.3) is 0 Å². The summed E-state index contributed by atoms with van der Waals surface area (Å²) in [5, 5.41) is 12.9. The Bertz CT molecular complexity index is 821. The van der Waals surface area contributed by atoms with Crippen molar-refractivity contribution in [3.8, 4) is 16.9 Å². The van der Waals surface area contributed by atoms with E-state index in [9.17, 15) is 14.7 Å². The fourth-order valence-corrected chi connectivity index (χ4v) is 3.10. The summed E-state index contributed by atoms with van der Waals surface area (Å²) < 4.78 is 5.33. The molecule has 0 spiro atoms. The van der Waals surface area contributed by atoms with Gasteiger partial charge in [0.1, 0.15) is 12.3 Å². The zero-order chi connectivity index (χ0) is 22.5. The first-order valence-electron chi connectivity index (χ1n) is 11.1. The Balaban J connectivity index is 1.98. The molecule has 2 aromatic carbocycles. The molecule has 0 atom stereocenters. The summed E-state index contributed by atoms with van der Waals surface area (Å²) in [6, 6.07) is 15.1. The molecule has 2 amide bonds. The lowest BCUT2D eigenvalue weighted by molar-refractivity contribution is -0.122. The van der Waals surface area contributed by atoms with Crippen molar-refractivity contribution in [1.82, 2.24) is 10.2 Å². The van der Waals surface area contributed by atoms with E-state index in [0.717, 1.165) is 42.4 Å². The van der Waals surface area contributed by atoms with Crippen molar-refractivity contribution < 1.29 is 19.4 Å². The molecule has 0 aliphatic rings. The van der Waals surface area contributed by atoms with Gasteiger partial charge in [-0.25, -0.2) is 4.79 Å². The van der Waals surface area contributed by atoms with Crippen molar-refractivity contribution in [2.45, 2.75) is 46.0 Å². The fourth-order valence-electron chi connectivity index (χ4n) is 3.10. The number of unbranched alkanes of at least 4 members (excludes halogenated alkanes) is 2. The second kappa shape index (κ2) is 13.3. The van der Waals surface area contributed by atoms with Crippen LogP contribution in [0.25, 0.3) is 11.1 Å². The van der Waals surface area contributed by atoms with Gasteiger partial charge in [0.15, 0.2) is 0 Å². The minimum Gasteiger partial charge on any atom is -0.507 e. The number of hydrogen-bond donors (Lipinski definition) is 2. The number of benzene rings is 2. The number of carbonyl (C=O) groups excluding carboxylic acids is 2. The van der Waals surface area contributed by atoms with E-state index in [1.165, 1.54) is 4.90 Å². The molecule has 0 aliphatic heterocycles. The van der Waals surface area contributed by atoms with Crippen molar-refractivity contribution in [2.24, 2.45) is 0 Å². The molecule has 2 N–H and O–H groups in total. The first-order valence-corrected chi connectivity index (χ1v) is 11.1. The highest BCUT2D eigenvalue weighted by molar-refractivity contribution is 5.82. The molecular weight excluding hydrogens is 392 g/mol. The summed E-state index contributed by atoms with van der Waals surface area (Å²) in [6.45, 7) is 5.45. The number of phenolic OH excluding ortho intramolecular Hbond substituents is 1. The molecule has 6 heteroatoms. The van der Waals surface area contributed by atoms with Gasteiger partial charge in [-0.15, -0.1) is 0 Å². The number of carbonyl (C=O) groups is 2. The maximum Gasteiger partial charge on any atom is 0.410 e. The highest BCUT2D eigenvalue weighted by Crippen LogP contribution is 2.28. The van der Waals surface area contributed by atoms with E-state index in [1.807, 2.05) is 43.3 Å². The zero-order valence-corrected chi connectivity index (χ0v) is 18.6. The summed E-state index contributed by atoms with van der Waals surface area (Å²) >= 11 is 0. The Morgan fingerprint density at radius 3 is 2.39 bits per heavy atom. The molecule has 0 bridgehead atoms. The number of phenols is 1. The Morgan fingerprint density at radius 1 is 1.00 bits per heavy atom. The summed E-state index contributed by atoms with van der Waals surface area (Å²) in [4.78, 5) is 26.2. The van der Waals surface area contributed by atoms with Crippen LogP contribution in [-0.2, 0) is 16.0 Å². The topological polar surface area (TPSA) is 78.9 Å². The molecule has 6 nitrogen and oxygen atoms in total. The average Bonchev–Trinajstić information content (AvgIpc) is 2.77. The van der Waals surface area contributed by atoms with Gasteiger partial charge in [-0.2, -0.15) is 0 Å². The van der Waals surface area contributed by atoms with Gasteiger partial charge in [0.2, 0.25) is 5.91 Å². The van der Waals surface area contributed by atoms with Gasteiger partial charge in [0.05, 0.1) is 6.61 Å². The normalized spacial score (nSPS) is 10.5. The number of rotatable bonds is 12. The molecule has 168 valence electrons. The van der Waals surface area contributed by atoms with Crippen LogP contribution in [-0.4, -0.2) is 48.2 Å². The van der Waals surface area contributed by atoms with E-state index >= 15 is 0 Å². The molecule has 2 rings (SSSR count). The first-order chi connectivity index (χ1) is 15.0. The maximum absolute atomic E-state index is 12.5. The first kappa shape index (κ1) is 24.3. The lowest BCUT2D eigenvalue weighted by atomic mass is 10.0. The molecule has 31 heavy (non-hydrogen) atoms. The largest absolute Gasteiger partial charge is 0.507 e. The lowest BCUT2D eigenvalue weighted by Crippen LogP contribution is -2.42. The zero-order valence-electron chi connectivity index (χ0n) is 18.6. The average molecular weight is 427 g/mol. The van der Waals surface area contributed by atoms with Gasteiger partial charge in [0, 0.05) is 18.7 Å². The number of aromatic hydroxyl groups is 1. The molecule has 0 heterocycles. The Hall–Kier alpha value is -3.02. The molecule has 0 unspecified atom stereocenters. The van der Waals surface area contributed by atoms with Crippen LogP contribution in [0.15, 0.2) is 48.5 Å². The van der Waals surface area contributed by atoms with E-state index in [2.05, 4.69) is 12.2 Å². The van der Waals surface area contributed by atoms with Crippen LogP contribution < -0.4 is 5.32 Å². The second-order valence-electron chi connectivity index (χ2n) is 7.56. The van der Waals surface area contributed by atoms with Gasteiger partial charge >= 0.3 is 6.09 Å². The Labute approximate surface area is 185 Å². The highest BCUT2D eigenvalue weighted by Gasteiger charge is 2.18. The fraction of sp³-hybridized carbons (Fsp3) is 0.440. The molecule has 2 aromatic rings. The molecule has 0 saturated heterocycles. The van der Waals surface area contributed by atoms with Crippen molar-refractivity contribution in [2.75, 3.05) is 26.2 Å². The van der Waals surface area contributed by atoms with E-state index in [-0.39, 0.29) is 18.2 Å². The van der Waals surface area contributed by atoms with Crippen molar-refractivity contribution in [3.63, 3.8) is 0 Å². The SMILES string of the molecule is CCCCNC(=O)CN(CCc1ccc(-c2ccccc2O)cc1)C(=O)OCCCC. The molecule has 0 radical (unpaired) electrons. The third kappa shape index (κ3) is 8.32. The van der Waals surface area contributed by atoms with Gasteiger partial charge in [-0.1, -0.05) is 69.2 Å². The monoisotopic (exact) mass is 426 g/mol. The molecule has 0 fully saturated rings. The van der Waals surface area contributed by atoms with Crippen LogP contribution in [0.3, 0.4) is 0 Å². The van der Waals surface area contributed by atoms with E-state index in [0.29, 0.717) is 26.1 Å². The van der Waals surface area contributed by atoms with E-state index in [1.54, 1.807) is 12.1 Å². The second-order valence-corrected chi connectivity index (χ2v) is 7.56. The van der Waals surface area contributed by atoms with Crippen LogP contribution in [0, 0.1) is 0 Å². The van der Waals surface area contributed by atoms with Gasteiger partial charge in [-0.3, -0.25) is 9.69 Å². The van der Waals surface area contributed by atoms with Crippen LogP contribution in [0.1, 0.15) is 45.1 Å². The van der Waals surface area contributed by atoms with Crippen LogP contribution in [0.5, 0.6) is 5.75 Å². The number of nitrogens with zero attached hydrogens (tertiary/aromatic N) is 1. The number of para-hydroxylation sites is 1. The Kier molecular flexibility index (Phi) is 10.4. The summed E-state index contributed by atoms with van der Waals surface area (Å²) in [5.74, 6) is 0.0705. The van der Waals surface area contributed by atoms with Crippen molar-refractivity contribution in [3.05, 3.63) is 54.1 Å². The minimum atomic E-state index is -0.454. The number of ether oxygens (including phenoxy) is 1. The number of nitrogens with one attached hydrogen (secondary N) is 1. The predicted octanol–water partition coefficient (Wildman–Crippen LogP) is 4.76. The third-order valence-corrected chi connectivity index (χ3v) is 5.01. The van der Waals surface area contributed by atoms with E-state index < -0.39 is 6.09 Å². The number of hydrogen-bond acceptors (Lipinski definition) is 4. The maximum atomic E-state index is 12.5. The standard InChI is InChI=1S/C25H34N2O4/c1-3-5-16-26-24(29)19-27(25(30)31-18-6-4-2)17-15-20-11-13-21(14-12-20)22-9-7-8-10-23(22)28/h7-14,28H,3-6,15-19H2,1-2H3,(H,26,29).